The van der Waals surface area contributed by atoms with E-state index in [1.807, 2.05) is 6.92 Å². The van der Waals surface area contributed by atoms with Crippen LogP contribution < -0.4 is 18.6 Å². The van der Waals surface area contributed by atoms with Crippen molar-refractivity contribution in [1.82, 2.24) is 6.15 Å². The van der Waals surface area contributed by atoms with E-state index in [0.717, 1.165) is 6.42 Å². The molecule has 0 aromatic heterocycles. The van der Waals surface area contributed by atoms with Crippen LogP contribution in [0.1, 0.15) is 19.8 Å². The average molecular weight is 142 g/mol. The summed E-state index contributed by atoms with van der Waals surface area (Å²) in [6.07, 6.45) is 1.02. The molecule has 4 heteroatoms. The number of carbonyl (C=O) groups is 1. The van der Waals surface area contributed by atoms with Gasteiger partial charge in [0, 0.05) is 6.42 Å². The summed E-state index contributed by atoms with van der Waals surface area (Å²) in [7, 11) is 0. The molecule has 0 aliphatic rings. The highest BCUT2D eigenvalue weighted by atomic mass is 35.5. The lowest BCUT2D eigenvalue weighted by atomic mass is 10.4. The van der Waals surface area contributed by atoms with Crippen LogP contribution in [-0.4, -0.2) is 11.1 Å². The van der Waals surface area contributed by atoms with Crippen LogP contribution in [0.3, 0.4) is 0 Å². The molecule has 0 bridgehead atoms. The monoisotopic (exact) mass is 141 g/mol. The highest BCUT2D eigenvalue weighted by molar-refractivity contribution is 5.66. The number of carboxylic acid groups (broad SMARTS) is 1. The van der Waals surface area contributed by atoms with Crippen molar-refractivity contribution in [3.05, 3.63) is 0 Å². The van der Waals surface area contributed by atoms with Gasteiger partial charge in [0.25, 0.3) is 0 Å². The van der Waals surface area contributed by atoms with Crippen LogP contribution in [0.4, 0.5) is 0 Å². The number of quaternary nitrogens is 1. The zero-order valence-corrected chi connectivity index (χ0v) is 5.90. The standard InChI is InChI=1S/C4H8O2.ClH.H3N/c1-2-3-4(5)6;;/h2-3H2,1H3,(H,5,6);1H;1H3. The first-order valence-electron chi connectivity index (χ1n) is 1.99. The van der Waals surface area contributed by atoms with Crippen LogP contribution in [0.25, 0.3) is 0 Å². The van der Waals surface area contributed by atoms with Crippen LogP contribution in [0.5, 0.6) is 0 Å². The summed E-state index contributed by atoms with van der Waals surface area (Å²) in [5.74, 6) is -0.711. The predicted octanol–water partition coefficient (Wildman–Crippen LogP) is -1.75. The van der Waals surface area contributed by atoms with Gasteiger partial charge in [0.2, 0.25) is 0 Å². The summed E-state index contributed by atoms with van der Waals surface area (Å²) in [5.41, 5.74) is 0. The Balaban J connectivity index is -0.000000125. The van der Waals surface area contributed by atoms with Gasteiger partial charge in [-0.15, -0.1) is 0 Å². The van der Waals surface area contributed by atoms with Gasteiger partial charge in [0.1, 0.15) is 0 Å². The van der Waals surface area contributed by atoms with Crippen molar-refractivity contribution in [3.8, 4) is 0 Å². The van der Waals surface area contributed by atoms with Crippen molar-refractivity contribution >= 4 is 5.97 Å². The highest BCUT2D eigenvalue weighted by Crippen LogP contribution is 1.82. The maximum Gasteiger partial charge on any atom is 0.303 e. The number of rotatable bonds is 2. The van der Waals surface area contributed by atoms with Crippen molar-refractivity contribution in [2.24, 2.45) is 0 Å². The molecule has 3 nitrogen and oxygen atoms in total. The maximum atomic E-state index is 9.60. The number of halogens is 1. The van der Waals surface area contributed by atoms with Crippen LogP contribution in [0.2, 0.25) is 0 Å². The zero-order valence-electron chi connectivity index (χ0n) is 5.15. The van der Waals surface area contributed by atoms with Gasteiger partial charge < -0.3 is 23.7 Å². The second-order valence-corrected chi connectivity index (χ2v) is 1.14. The Kier molecular flexibility index (Phi) is 19.3. The Hall–Kier alpha value is -0.280. The molecule has 0 atom stereocenters. The summed E-state index contributed by atoms with van der Waals surface area (Å²) >= 11 is 0. The smallest absolute Gasteiger partial charge is 0.303 e. The molecule has 5 N–H and O–H groups in total. The number of hydrogen-bond donors (Lipinski definition) is 2. The van der Waals surface area contributed by atoms with Gasteiger partial charge in [-0.05, 0) is 6.42 Å². The molecule has 0 aromatic carbocycles. The van der Waals surface area contributed by atoms with Crippen molar-refractivity contribution < 1.29 is 22.3 Å². The number of carboxylic acids is 1. The third-order valence-corrected chi connectivity index (χ3v) is 0.464. The minimum Gasteiger partial charge on any atom is -1.00 e. The fraction of sp³-hybridized carbons (Fsp3) is 0.750. The molecule has 0 radical (unpaired) electrons. The molecule has 8 heavy (non-hydrogen) atoms. The van der Waals surface area contributed by atoms with E-state index in [-0.39, 0.29) is 18.6 Å². The van der Waals surface area contributed by atoms with Gasteiger partial charge in [0.05, 0.1) is 0 Å². The summed E-state index contributed by atoms with van der Waals surface area (Å²) in [5, 5.41) is 7.91. The van der Waals surface area contributed by atoms with Crippen molar-refractivity contribution in [1.29, 1.82) is 0 Å². The molecule has 0 aliphatic carbocycles. The van der Waals surface area contributed by atoms with E-state index in [1.165, 1.54) is 0 Å². The second-order valence-electron chi connectivity index (χ2n) is 1.14. The van der Waals surface area contributed by atoms with E-state index < -0.39 is 5.97 Å². The lowest BCUT2D eigenvalue weighted by Crippen LogP contribution is -3.00. The average Bonchev–Trinajstić information content (AvgIpc) is 1.35. The first-order chi connectivity index (χ1) is 2.77. The van der Waals surface area contributed by atoms with E-state index in [9.17, 15) is 4.79 Å². The summed E-state index contributed by atoms with van der Waals surface area (Å²) < 4.78 is 0. The van der Waals surface area contributed by atoms with Crippen LogP contribution >= 0.6 is 0 Å². The van der Waals surface area contributed by atoms with Crippen molar-refractivity contribution in [3.63, 3.8) is 0 Å². The Labute approximate surface area is 55.1 Å². The third-order valence-electron chi connectivity index (χ3n) is 0.464. The molecule has 0 aliphatic heterocycles. The quantitative estimate of drug-likeness (QED) is 0.479. The maximum absolute atomic E-state index is 9.60. The molecule has 0 saturated heterocycles. The van der Waals surface area contributed by atoms with Gasteiger partial charge in [-0.2, -0.15) is 0 Å². The first kappa shape index (κ1) is 15.6. The van der Waals surface area contributed by atoms with E-state index in [4.69, 9.17) is 5.11 Å². The van der Waals surface area contributed by atoms with E-state index >= 15 is 0 Å². The fourth-order valence-electron chi connectivity index (χ4n) is 0.214. The minimum atomic E-state index is -0.711. The molecule has 0 unspecified atom stereocenters. The normalized spacial score (nSPS) is 6.12. The van der Waals surface area contributed by atoms with Gasteiger partial charge >= 0.3 is 5.97 Å². The Morgan fingerprint density at radius 3 is 2.00 bits per heavy atom. The molecule has 0 spiro atoms. The Morgan fingerprint density at radius 1 is 1.62 bits per heavy atom. The lowest BCUT2D eigenvalue weighted by Gasteiger charge is -1.79. The van der Waals surface area contributed by atoms with Crippen LogP contribution in [-0.2, 0) is 4.79 Å². The molecule has 0 rings (SSSR count). The summed E-state index contributed by atoms with van der Waals surface area (Å²) in [4.78, 5) is 9.60. The molecule has 0 aromatic rings. The summed E-state index contributed by atoms with van der Waals surface area (Å²) in [6, 6.07) is 0. The third kappa shape index (κ3) is 17.2. The van der Waals surface area contributed by atoms with Crippen molar-refractivity contribution in [2.75, 3.05) is 0 Å². The van der Waals surface area contributed by atoms with Gasteiger partial charge in [-0.25, -0.2) is 0 Å². The number of aliphatic carboxylic acids is 1. The molecular weight excluding hydrogens is 130 g/mol. The molecule has 0 saturated carbocycles. The fourth-order valence-corrected chi connectivity index (χ4v) is 0.214. The summed E-state index contributed by atoms with van der Waals surface area (Å²) in [6.45, 7) is 1.84. The minimum absolute atomic E-state index is 0. The predicted molar refractivity (Wildman–Crippen MR) is 28.5 cm³/mol. The zero-order chi connectivity index (χ0) is 4.99. The molecule has 52 valence electrons. The second kappa shape index (κ2) is 9.87. The van der Waals surface area contributed by atoms with E-state index in [1.54, 1.807) is 0 Å². The highest BCUT2D eigenvalue weighted by Gasteiger charge is 1.87. The van der Waals surface area contributed by atoms with Gasteiger partial charge in [-0.1, -0.05) is 6.92 Å². The Bertz CT molecular complexity index is 58.0. The Morgan fingerprint density at radius 2 is 2.00 bits per heavy atom. The van der Waals surface area contributed by atoms with E-state index in [0.29, 0.717) is 6.42 Å². The van der Waals surface area contributed by atoms with Crippen LogP contribution in [0.15, 0.2) is 0 Å². The lowest BCUT2D eigenvalue weighted by molar-refractivity contribution is -0.137. The largest absolute Gasteiger partial charge is 1.00 e. The van der Waals surface area contributed by atoms with Gasteiger partial charge in [0.15, 0.2) is 0 Å². The SMILES string of the molecule is CCCC(=O)O.[Cl-].[NH4+]. The van der Waals surface area contributed by atoms with Crippen molar-refractivity contribution in [2.45, 2.75) is 19.8 Å². The number of hydrogen-bond acceptors (Lipinski definition) is 1. The van der Waals surface area contributed by atoms with Gasteiger partial charge in [-0.3, -0.25) is 4.79 Å². The van der Waals surface area contributed by atoms with E-state index in [2.05, 4.69) is 0 Å². The molecular formula is C4H12ClNO2. The molecule has 0 heterocycles. The topological polar surface area (TPSA) is 73.8 Å². The van der Waals surface area contributed by atoms with Crippen LogP contribution in [0, 0.1) is 0 Å². The molecule has 0 amide bonds. The molecule has 0 fully saturated rings. The first-order valence-corrected chi connectivity index (χ1v) is 1.99.